The molecule has 0 aromatic rings. The zero-order valence-electron chi connectivity index (χ0n) is 6.63. The lowest BCUT2D eigenvalue weighted by atomic mass is 10.3. The van der Waals surface area contributed by atoms with Crippen molar-refractivity contribution in [3.05, 3.63) is 0 Å². The highest BCUT2D eigenvalue weighted by Crippen LogP contribution is 1.94. The molecule has 0 aliphatic rings. The van der Waals surface area contributed by atoms with Crippen molar-refractivity contribution in [2.24, 2.45) is 0 Å². The van der Waals surface area contributed by atoms with Gasteiger partial charge in [-0.3, -0.25) is 4.79 Å². The Bertz CT molecular complexity index is 134. The monoisotopic (exact) mass is 143 g/mol. The number of hydrogen-bond donors (Lipinski definition) is 0. The number of hydrogen-bond acceptors (Lipinski definition) is 2. The van der Waals surface area contributed by atoms with Crippen LogP contribution in [0.1, 0.15) is 20.3 Å². The summed E-state index contributed by atoms with van der Waals surface area (Å²) in [6, 6.07) is -0.299. The number of likely N-dealkylation sites (N-methyl/N-ethyl adjacent to an activating group) is 1. The number of nitrogens with zero attached hydrogens (tertiary/aromatic N) is 1. The van der Waals surface area contributed by atoms with E-state index in [0.29, 0.717) is 6.42 Å². The Morgan fingerprint density at radius 2 is 2.20 bits per heavy atom. The fourth-order valence-corrected chi connectivity index (χ4v) is 0.568. The molecule has 1 amide bonds. The Labute approximate surface area is 61.0 Å². The van der Waals surface area contributed by atoms with Crippen LogP contribution in [0.5, 0.6) is 0 Å². The fraction of sp³-hybridized carbons (Fsp3) is 0.714. The second-order valence-electron chi connectivity index (χ2n) is 2.23. The van der Waals surface area contributed by atoms with Crippen LogP contribution in [0.25, 0.3) is 0 Å². The van der Waals surface area contributed by atoms with Gasteiger partial charge in [0.2, 0.25) is 5.91 Å². The van der Waals surface area contributed by atoms with Crippen molar-refractivity contribution in [3.63, 3.8) is 0 Å². The number of amides is 1. The molecular weight excluding hydrogens is 130 g/mol. The highest BCUT2D eigenvalue weighted by molar-refractivity contribution is 5.78. The smallest absolute Gasteiger partial charge is 0.222 e. The minimum atomic E-state index is -0.299. The van der Waals surface area contributed by atoms with Crippen molar-refractivity contribution < 1.29 is 9.59 Å². The zero-order chi connectivity index (χ0) is 8.15. The summed E-state index contributed by atoms with van der Waals surface area (Å²) in [5.41, 5.74) is 0. The van der Waals surface area contributed by atoms with Crippen LogP contribution in [0.15, 0.2) is 0 Å². The van der Waals surface area contributed by atoms with E-state index in [4.69, 9.17) is 0 Å². The maximum Gasteiger partial charge on any atom is 0.222 e. The minimum Gasteiger partial charge on any atom is -0.336 e. The van der Waals surface area contributed by atoms with Gasteiger partial charge in [0, 0.05) is 13.5 Å². The first-order chi connectivity index (χ1) is 4.63. The van der Waals surface area contributed by atoms with E-state index in [0.717, 1.165) is 6.29 Å². The third-order valence-corrected chi connectivity index (χ3v) is 1.50. The largest absolute Gasteiger partial charge is 0.336 e. The molecular formula is C7H13NO2. The normalized spacial score (nSPS) is 12.3. The summed E-state index contributed by atoms with van der Waals surface area (Å²) < 4.78 is 0. The summed E-state index contributed by atoms with van der Waals surface area (Å²) >= 11 is 0. The van der Waals surface area contributed by atoms with E-state index in [1.54, 1.807) is 20.9 Å². The second-order valence-corrected chi connectivity index (χ2v) is 2.23. The Morgan fingerprint density at radius 3 is 2.50 bits per heavy atom. The molecule has 1 unspecified atom stereocenters. The summed E-state index contributed by atoms with van der Waals surface area (Å²) in [5, 5.41) is 0. The van der Waals surface area contributed by atoms with Gasteiger partial charge in [-0.1, -0.05) is 6.92 Å². The van der Waals surface area contributed by atoms with Gasteiger partial charge in [0.25, 0.3) is 0 Å². The predicted molar refractivity (Wildman–Crippen MR) is 38.6 cm³/mol. The van der Waals surface area contributed by atoms with Crippen LogP contribution >= 0.6 is 0 Å². The van der Waals surface area contributed by atoms with E-state index >= 15 is 0 Å². The second kappa shape index (κ2) is 4.04. The van der Waals surface area contributed by atoms with Crippen molar-refractivity contribution in [2.45, 2.75) is 26.3 Å². The van der Waals surface area contributed by atoms with Crippen LogP contribution in [-0.2, 0) is 9.59 Å². The minimum absolute atomic E-state index is 0.000370. The lowest BCUT2D eigenvalue weighted by molar-refractivity contribution is -0.133. The molecule has 0 rings (SSSR count). The van der Waals surface area contributed by atoms with Gasteiger partial charge in [-0.2, -0.15) is 0 Å². The van der Waals surface area contributed by atoms with Crippen molar-refractivity contribution in [3.8, 4) is 0 Å². The van der Waals surface area contributed by atoms with Crippen LogP contribution < -0.4 is 0 Å². The Kier molecular flexibility index (Phi) is 3.69. The van der Waals surface area contributed by atoms with Crippen molar-refractivity contribution in [1.82, 2.24) is 4.90 Å². The summed E-state index contributed by atoms with van der Waals surface area (Å²) in [6.45, 7) is 3.47. The van der Waals surface area contributed by atoms with Crippen LogP contribution in [0, 0.1) is 0 Å². The lowest BCUT2D eigenvalue weighted by Gasteiger charge is -2.18. The predicted octanol–water partition coefficient (Wildman–Crippen LogP) is 0.442. The number of carbonyl (C=O) groups is 2. The zero-order valence-corrected chi connectivity index (χ0v) is 6.63. The van der Waals surface area contributed by atoms with E-state index in [9.17, 15) is 9.59 Å². The van der Waals surface area contributed by atoms with Gasteiger partial charge < -0.3 is 9.69 Å². The van der Waals surface area contributed by atoms with Gasteiger partial charge in [-0.05, 0) is 6.92 Å². The van der Waals surface area contributed by atoms with Crippen LogP contribution in [-0.4, -0.2) is 30.2 Å². The summed E-state index contributed by atoms with van der Waals surface area (Å²) in [5.74, 6) is -0.000370. The number of rotatable bonds is 3. The average Bonchev–Trinajstić information content (AvgIpc) is 2.00. The molecule has 0 fully saturated rings. The molecule has 3 nitrogen and oxygen atoms in total. The highest BCUT2D eigenvalue weighted by Gasteiger charge is 2.11. The quantitative estimate of drug-likeness (QED) is 0.538. The van der Waals surface area contributed by atoms with E-state index in [1.807, 2.05) is 0 Å². The van der Waals surface area contributed by atoms with E-state index < -0.39 is 0 Å². The SMILES string of the molecule is CCC(=O)N(C)C(C)C=O. The average molecular weight is 143 g/mol. The number of aldehydes is 1. The molecule has 0 aliphatic carbocycles. The van der Waals surface area contributed by atoms with Gasteiger partial charge in [0.05, 0.1) is 6.04 Å². The first kappa shape index (κ1) is 9.14. The molecule has 3 heteroatoms. The van der Waals surface area contributed by atoms with E-state index in [1.165, 1.54) is 4.90 Å². The summed E-state index contributed by atoms with van der Waals surface area (Å²) in [6.07, 6.45) is 1.21. The van der Waals surface area contributed by atoms with Crippen molar-refractivity contribution in [2.75, 3.05) is 7.05 Å². The summed E-state index contributed by atoms with van der Waals surface area (Å²) in [7, 11) is 1.63. The van der Waals surface area contributed by atoms with Gasteiger partial charge in [0.1, 0.15) is 6.29 Å². The van der Waals surface area contributed by atoms with Gasteiger partial charge in [-0.25, -0.2) is 0 Å². The topological polar surface area (TPSA) is 37.4 Å². The third-order valence-electron chi connectivity index (χ3n) is 1.50. The van der Waals surface area contributed by atoms with Crippen molar-refractivity contribution >= 4 is 12.2 Å². The van der Waals surface area contributed by atoms with Crippen molar-refractivity contribution in [1.29, 1.82) is 0 Å². The molecule has 0 spiro atoms. The molecule has 0 aromatic carbocycles. The maximum atomic E-state index is 10.9. The Balaban J connectivity index is 3.93. The van der Waals surface area contributed by atoms with Crippen LogP contribution in [0.3, 0.4) is 0 Å². The Hall–Kier alpha value is -0.860. The Morgan fingerprint density at radius 1 is 1.70 bits per heavy atom. The van der Waals surface area contributed by atoms with E-state index in [2.05, 4.69) is 0 Å². The maximum absolute atomic E-state index is 10.9. The molecule has 0 aromatic heterocycles. The first-order valence-electron chi connectivity index (χ1n) is 3.34. The van der Waals surface area contributed by atoms with Crippen LogP contribution in [0.4, 0.5) is 0 Å². The van der Waals surface area contributed by atoms with Gasteiger partial charge in [0.15, 0.2) is 0 Å². The molecule has 1 atom stereocenters. The molecule has 58 valence electrons. The molecule has 0 heterocycles. The van der Waals surface area contributed by atoms with Crippen LogP contribution in [0.2, 0.25) is 0 Å². The third kappa shape index (κ3) is 2.17. The first-order valence-corrected chi connectivity index (χ1v) is 3.34. The van der Waals surface area contributed by atoms with Gasteiger partial charge >= 0.3 is 0 Å². The highest BCUT2D eigenvalue weighted by atomic mass is 16.2. The molecule has 0 radical (unpaired) electrons. The fourth-order valence-electron chi connectivity index (χ4n) is 0.568. The summed E-state index contributed by atoms with van der Waals surface area (Å²) in [4.78, 5) is 22.5. The standard InChI is InChI=1S/C7H13NO2/c1-4-7(10)8(3)6(2)5-9/h5-6H,4H2,1-3H3. The van der Waals surface area contributed by atoms with Gasteiger partial charge in [-0.15, -0.1) is 0 Å². The molecule has 0 saturated heterocycles. The molecule has 0 aliphatic heterocycles. The van der Waals surface area contributed by atoms with E-state index in [-0.39, 0.29) is 11.9 Å². The molecule has 10 heavy (non-hydrogen) atoms. The lowest BCUT2D eigenvalue weighted by Crippen LogP contribution is -2.35. The molecule has 0 N–H and O–H groups in total. The molecule has 0 saturated carbocycles. The number of carbonyl (C=O) groups excluding carboxylic acids is 2. The molecule has 0 bridgehead atoms.